The molecule has 0 aliphatic heterocycles. The third-order valence-electron chi connectivity index (χ3n) is 6.77. The fourth-order valence-electron chi connectivity index (χ4n) is 4.86. The lowest BCUT2D eigenvalue weighted by Gasteiger charge is -2.26. The molecule has 1 amide bonds. The first kappa shape index (κ1) is 28.1. The van der Waals surface area contributed by atoms with E-state index >= 15 is 0 Å². The van der Waals surface area contributed by atoms with Crippen molar-refractivity contribution < 1.29 is 27.8 Å². The summed E-state index contributed by atoms with van der Waals surface area (Å²) in [6, 6.07) is 6.54. The van der Waals surface area contributed by atoms with Crippen LogP contribution < -0.4 is 10.1 Å². The molecule has 36 heavy (non-hydrogen) atoms. The molecule has 8 heteroatoms. The number of nitrogens with one attached hydrogen (secondary N) is 1. The standard InChI is InChI=1S/C28H39F3N2O3/c1-18-21(25(34)32-17-27(5,6)35)15-23(33(18)16-19-10-8-7-9-11-19)20-12-13-24(36-28(29,30)31)22(14-20)26(2,3)4/h12-15,19,35H,7-11,16-17H2,1-6H3,(H,32,34). The fraction of sp³-hybridized carbons (Fsp3) is 0.607. The topological polar surface area (TPSA) is 63.5 Å². The predicted octanol–water partition coefficient (Wildman–Crippen LogP) is 6.74. The van der Waals surface area contributed by atoms with Crippen molar-refractivity contribution in [1.82, 2.24) is 9.88 Å². The molecular weight excluding hydrogens is 469 g/mol. The smallest absolute Gasteiger partial charge is 0.405 e. The third kappa shape index (κ3) is 7.28. The second kappa shape index (κ2) is 10.5. The summed E-state index contributed by atoms with van der Waals surface area (Å²) < 4.78 is 45.7. The van der Waals surface area contributed by atoms with Crippen molar-refractivity contribution in [3.63, 3.8) is 0 Å². The van der Waals surface area contributed by atoms with E-state index in [1.54, 1.807) is 26.0 Å². The van der Waals surface area contributed by atoms with Gasteiger partial charge in [0.25, 0.3) is 5.91 Å². The van der Waals surface area contributed by atoms with Crippen LogP contribution in [0, 0.1) is 12.8 Å². The molecule has 2 N–H and O–H groups in total. The van der Waals surface area contributed by atoms with Gasteiger partial charge in [-0.3, -0.25) is 4.79 Å². The molecule has 1 saturated carbocycles. The summed E-state index contributed by atoms with van der Waals surface area (Å²) >= 11 is 0. The van der Waals surface area contributed by atoms with Crippen molar-refractivity contribution in [3.8, 4) is 17.0 Å². The Balaban J connectivity index is 2.08. The third-order valence-corrected chi connectivity index (χ3v) is 6.77. The molecular formula is C28H39F3N2O3. The van der Waals surface area contributed by atoms with E-state index in [-0.39, 0.29) is 18.2 Å². The molecule has 1 fully saturated rings. The number of ether oxygens (including phenoxy) is 1. The summed E-state index contributed by atoms with van der Waals surface area (Å²) in [5, 5.41) is 12.8. The van der Waals surface area contributed by atoms with Crippen LogP contribution in [0.15, 0.2) is 24.3 Å². The van der Waals surface area contributed by atoms with Crippen LogP contribution >= 0.6 is 0 Å². The molecule has 200 valence electrons. The molecule has 3 rings (SSSR count). The maximum Gasteiger partial charge on any atom is 0.573 e. The van der Waals surface area contributed by atoms with Crippen molar-refractivity contribution in [2.75, 3.05) is 6.54 Å². The lowest BCUT2D eigenvalue weighted by atomic mass is 9.85. The first-order valence-electron chi connectivity index (χ1n) is 12.7. The molecule has 0 atom stereocenters. The van der Waals surface area contributed by atoms with E-state index in [1.165, 1.54) is 25.3 Å². The molecule has 0 radical (unpaired) electrons. The first-order chi connectivity index (χ1) is 16.5. The highest BCUT2D eigenvalue weighted by atomic mass is 19.4. The number of hydrogen-bond acceptors (Lipinski definition) is 3. The minimum atomic E-state index is -4.79. The van der Waals surface area contributed by atoms with Crippen molar-refractivity contribution in [3.05, 3.63) is 41.1 Å². The lowest BCUT2D eigenvalue weighted by molar-refractivity contribution is -0.275. The first-order valence-corrected chi connectivity index (χ1v) is 12.7. The Bertz CT molecular complexity index is 1070. The van der Waals surface area contributed by atoms with Crippen LogP contribution in [-0.4, -0.2) is 34.1 Å². The SMILES string of the molecule is Cc1c(C(=O)NCC(C)(C)O)cc(-c2ccc(OC(F)(F)F)c(C(C)(C)C)c2)n1CC1CCCCC1. The molecule has 1 aliphatic carbocycles. The lowest BCUT2D eigenvalue weighted by Crippen LogP contribution is -2.38. The van der Waals surface area contributed by atoms with Gasteiger partial charge in [-0.25, -0.2) is 0 Å². The van der Waals surface area contributed by atoms with Crippen LogP contribution in [0.5, 0.6) is 5.75 Å². The Morgan fingerprint density at radius 1 is 1.08 bits per heavy atom. The molecule has 1 heterocycles. The number of aromatic nitrogens is 1. The van der Waals surface area contributed by atoms with E-state index in [0.29, 0.717) is 17.0 Å². The molecule has 0 bridgehead atoms. The van der Waals surface area contributed by atoms with E-state index in [1.807, 2.05) is 33.8 Å². The van der Waals surface area contributed by atoms with Gasteiger partial charge in [-0.2, -0.15) is 0 Å². The van der Waals surface area contributed by atoms with Crippen molar-refractivity contribution in [2.45, 2.75) is 97.6 Å². The van der Waals surface area contributed by atoms with Crippen LogP contribution in [0.25, 0.3) is 11.3 Å². The molecule has 0 unspecified atom stereocenters. The van der Waals surface area contributed by atoms with Gasteiger partial charge in [-0.05, 0) is 74.8 Å². The number of benzene rings is 1. The molecule has 5 nitrogen and oxygen atoms in total. The van der Waals surface area contributed by atoms with Crippen molar-refractivity contribution in [1.29, 1.82) is 0 Å². The molecule has 0 saturated heterocycles. The number of hydrogen-bond donors (Lipinski definition) is 2. The zero-order valence-corrected chi connectivity index (χ0v) is 22.2. The summed E-state index contributed by atoms with van der Waals surface area (Å²) in [6.45, 7) is 11.5. The summed E-state index contributed by atoms with van der Waals surface area (Å²) in [6.07, 6.45) is 1.03. The number of carbonyl (C=O) groups is 1. The second-order valence-corrected chi connectivity index (χ2v) is 11.6. The van der Waals surface area contributed by atoms with Gasteiger partial charge in [0.1, 0.15) is 5.75 Å². The minimum Gasteiger partial charge on any atom is -0.405 e. The molecule has 1 aromatic carbocycles. The Hall–Kier alpha value is -2.48. The number of alkyl halides is 3. The Labute approximate surface area is 212 Å². The summed E-state index contributed by atoms with van der Waals surface area (Å²) in [7, 11) is 0. The Morgan fingerprint density at radius 3 is 2.28 bits per heavy atom. The number of carbonyl (C=O) groups excluding carboxylic acids is 1. The van der Waals surface area contributed by atoms with Gasteiger partial charge in [0.2, 0.25) is 0 Å². The van der Waals surface area contributed by atoms with Gasteiger partial charge in [-0.15, -0.1) is 13.2 Å². The van der Waals surface area contributed by atoms with Gasteiger partial charge in [0.15, 0.2) is 0 Å². The van der Waals surface area contributed by atoms with Gasteiger partial charge in [0, 0.05) is 30.0 Å². The van der Waals surface area contributed by atoms with Crippen LogP contribution in [0.2, 0.25) is 0 Å². The van der Waals surface area contributed by atoms with E-state index in [9.17, 15) is 23.1 Å². The highest BCUT2D eigenvalue weighted by Gasteiger charge is 2.34. The van der Waals surface area contributed by atoms with Gasteiger partial charge < -0.3 is 19.7 Å². The summed E-state index contributed by atoms with van der Waals surface area (Å²) in [5.41, 5.74) is 1.61. The number of nitrogens with zero attached hydrogens (tertiary/aromatic N) is 1. The highest BCUT2D eigenvalue weighted by molar-refractivity contribution is 5.97. The van der Waals surface area contributed by atoms with E-state index in [0.717, 1.165) is 36.3 Å². The fourth-order valence-corrected chi connectivity index (χ4v) is 4.86. The second-order valence-electron chi connectivity index (χ2n) is 11.6. The monoisotopic (exact) mass is 508 g/mol. The quantitative estimate of drug-likeness (QED) is 0.435. The van der Waals surface area contributed by atoms with Gasteiger partial charge >= 0.3 is 6.36 Å². The summed E-state index contributed by atoms with van der Waals surface area (Å²) in [4.78, 5) is 13.1. The molecule has 1 aliphatic rings. The van der Waals surface area contributed by atoms with Crippen molar-refractivity contribution in [2.24, 2.45) is 5.92 Å². The maximum atomic E-state index is 13.1. The molecule has 0 spiro atoms. The Kier molecular flexibility index (Phi) is 8.18. The van der Waals surface area contributed by atoms with Crippen LogP contribution in [0.3, 0.4) is 0 Å². The van der Waals surface area contributed by atoms with Crippen molar-refractivity contribution >= 4 is 5.91 Å². The Morgan fingerprint density at radius 2 is 1.72 bits per heavy atom. The number of rotatable bonds is 7. The average Bonchev–Trinajstić information content (AvgIpc) is 3.07. The average molecular weight is 509 g/mol. The largest absolute Gasteiger partial charge is 0.573 e. The van der Waals surface area contributed by atoms with Crippen LogP contribution in [0.4, 0.5) is 13.2 Å². The number of amides is 1. The van der Waals surface area contributed by atoms with E-state index < -0.39 is 17.4 Å². The highest BCUT2D eigenvalue weighted by Crippen LogP contribution is 2.39. The number of halogens is 3. The molecule has 1 aromatic heterocycles. The number of aliphatic hydroxyl groups is 1. The maximum absolute atomic E-state index is 13.1. The minimum absolute atomic E-state index is 0.103. The van der Waals surface area contributed by atoms with Gasteiger partial charge in [0.05, 0.1) is 11.2 Å². The van der Waals surface area contributed by atoms with E-state index in [4.69, 9.17) is 0 Å². The predicted molar refractivity (Wildman–Crippen MR) is 135 cm³/mol. The molecule has 2 aromatic rings. The van der Waals surface area contributed by atoms with Crippen LogP contribution in [-0.2, 0) is 12.0 Å². The van der Waals surface area contributed by atoms with Crippen LogP contribution in [0.1, 0.15) is 88.3 Å². The van der Waals surface area contributed by atoms with Gasteiger partial charge in [-0.1, -0.05) is 40.0 Å². The van der Waals surface area contributed by atoms with E-state index in [2.05, 4.69) is 14.6 Å². The zero-order valence-electron chi connectivity index (χ0n) is 22.2. The normalized spacial score (nSPS) is 15.7. The summed E-state index contributed by atoms with van der Waals surface area (Å²) in [5.74, 6) is -0.0267. The zero-order chi connectivity index (χ0) is 26.9.